The molecule has 0 aliphatic heterocycles. The zero-order valence-corrected chi connectivity index (χ0v) is 8.68. The van der Waals surface area contributed by atoms with Crippen LogP contribution in [0.25, 0.3) is 0 Å². The van der Waals surface area contributed by atoms with E-state index in [0.29, 0.717) is 6.04 Å². The molecule has 3 nitrogen and oxygen atoms in total. The maximum atomic E-state index is 10.5. The minimum absolute atomic E-state index is 0.141. The number of carboxylic acid groups (broad SMARTS) is 1. The van der Waals surface area contributed by atoms with E-state index in [0.717, 1.165) is 24.3 Å². The lowest BCUT2D eigenvalue weighted by molar-refractivity contribution is -0.919. The van der Waals surface area contributed by atoms with E-state index in [2.05, 4.69) is 6.07 Å². The molecule has 1 aliphatic rings. The second kappa shape index (κ2) is 4.11. The molecule has 1 aromatic rings. The number of hydrogen-bond acceptors (Lipinski definition) is 3. The average Bonchev–Trinajstić information content (AvgIpc) is 2.85. The lowest BCUT2D eigenvalue weighted by atomic mass is 10.4. The molecule has 1 atom stereocenters. The molecule has 0 radical (unpaired) electrons. The summed E-state index contributed by atoms with van der Waals surface area (Å²) in [5.74, 6) is -0.941. The summed E-state index contributed by atoms with van der Waals surface area (Å²) in [5.41, 5.74) is 0. The lowest BCUT2D eigenvalue weighted by Gasteiger charge is -2.18. The topological polar surface area (TPSA) is 44.6 Å². The van der Waals surface area contributed by atoms with Crippen molar-refractivity contribution in [3.63, 3.8) is 0 Å². The molecule has 4 heteroatoms. The molecule has 0 spiro atoms. The number of nitrogens with one attached hydrogen (secondary N) is 1. The second-order valence-electron chi connectivity index (χ2n) is 3.74. The molecular weight excluding hydrogens is 198 g/mol. The van der Waals surface area contributed by atoms with Gasteiger partial charge in [-0.05, 0) is 11.4 Å². The molecule has 76 valence electrons. The van der Waals surface area contributed by atoms with Crippen molar-refractivity contribution in [2.24, 2.45) is 0 Å². The van der Waals surface area contributed by atoms with Crippen molar-refractivity contribution in [1.29, 1.82) is 0 Å². The molecule has 2 rings (SSSR count). The Kier molecular flexibility index (Phi) is 2.84. The molecular formula is C10H13NO2S. The van der Waals surface area contributed by atoms with Crippen LogP contribution in [0.2, 0.25) is 0 Å². The minimum Gasteiger partial charge on any atom is -0.544 e. The van der Waals surface area contributed by atoms with Gasteiger partial charge in [0.15, 0.2) is 0 Å². The smallest absolute Gasteiger partial charge is 0.118 e. The lowest BCUT2D eigenvalue weighted by Crippen LogP contribution is -3.13. The van der Waals surface area contributed by atoms with E-state index in [1.54, 1.807) is 11.3 Å². The first-order chi connectivity index (χ1) is 6.75. The molecule has 0 aromatic carbocycles. The predicted octanol–water partition coefficient (Wildman–Crippen LogP) is -0.955. The molecule has 1 unspecified atom stereocenters. The van der Waals surface area contributed by atoms with Gasteiger partial charge in [-0.15, -0.1) is 11.3 Å². The molecule has 0 bridgehead atoms. The Morgan fingerprint density at radius 2 is 2.43 bits per heavy atom. The van der Waals surface area contributed by atoms with Crippen LogP contribution in [-0.4, -0.2) is 18.6 Å². The van der Waals surface area contributed by atoms with Gasteiger partial charge in [0.1, 0.15) is 13.1 Å². The Morgan fingerprint density at radius 3 is 2.93 bits per heavy atom. The highest BCUT2D eigenvalue weighted by atomic mass is 32.1. The molecule has 1 N–H and O–H groups in total. The van der Waals surface area contributed by atoms with E-state index in [4.69, 9.17) is 0 Å². The molecule has 1 aromatic heterocycles. The van der Waals surface area contributed by atoms with Gasteiger partial charge in [-0.3, -0.25) is 0 Å². The third kappa shape index (κ3) is 2.56. The highest BCUT2D eigenvalue weighted by molar-refractivity contribution is 7.09. The van der Waals surface area contributed by atoms with Crippen LogP contribution in [0.15, 0.2) is 17.5 Å². The van der Waals surface area contributed by atoms with Crippen LogP contribution in [0.5, 0.6) is 0 Å². The van der Waals surface area contributed by atoms with Crippen molar-refractivity contribution < 1.29 is 14.8 Å². The first kappa shape index (κ1) is 9.68. The summed E-state index contributed by atoms with van der Waals surface area (Å²) in [4.78, 5) is 12.9. The normalized spacial score (nSPS) is 18.0. The number of carboxylic acids is 1. The molecule has 1 heterocycles. The van der Waals surface area contributed by atoms with Crippen LogP contribution in [0, 0.1) is 0 Å². The fourth-order valence-electron chi connectivity index (χ4n) is 1.67. The largest absolute Gasteiger partial charge is 0.544 e. The summed E-state index contributed by atoms with van der Waals surface area (Å²) in [6.07, 6.45) is 2.32. The van der Waals surface area contributed by atoms with Gasteiger partial charge in [0.25, 0.3) is 0 Å². The number of hydrogen-bond donors (Lipinski definition) is 1. The fourth-order valence-corrected chi connectivity index (χ4v) is 2.42. The summed E-state index contributed by atoms with van der Waals surface area (Å²) in [6.45, 7) is 0.971. The number of rotatable bonds is 5. The van der Waals surface area contributed by atoms with Gasteiger partial charge in [-0.2, -0.15) is 0 Å². The Morgan fingerprint density at radius 1 is 1.64 bits per heavy atom. The average molecular weight is 211 g/mol. The van der Waals surface area contributed by atoms with E-state index >= 15 is 0 Å². The van der Waals surface area contributed by atoms with Crippen molar-refractivity contribution in [2.45, 2.75) is 25.4 Å². The van der Waals surface area contributed by atoms with Crippen molar-refractivity contribution in [3.8, 4) is 0 Å². The van der Waals surface area contributed by atoms with Crippen molar-refractivity contribution in [2.75, 3.05) is 6.54 Å². The molecule has 0 saturated heterocycles. The maximum absolute atomic E-state index is 10.5. The van der Waals surface area contributed by atoms with Gasteiger partial charge < -0.3 is 14.8 Å². The Bertz CT molecular complexity index is 306. The molecule has 1 fully saturated rings. The summed E-state index contributed by atoms with van der Waals surface area (Å²) in [7, 11) is 0. The van der Waals surface area contributed by atoms with E-state index in [1.165, 1.54) is 4.88 Å². The van der Waals surface area contributed by atoms with Crippen LogP contribution in [0.1, 0.15) is 17.7 Å². The fraction of sp³-hybridized carbons (Fsp3) is 0.500. The monoisotopic (exact) mass is 211 g/mol. The third-order valence-corrected chi connectivity index (χ3v) is 3.38. The maximum Gasteiger partial charge on any atom is 0.118 e. The predicted molar refractivity (Wildman–Crippen MR) is 51.9 cm³/mol. The Labute approximate surface area is 87.0 Å². The second-order valence-corrected chi connectivity index (χ2v) is 4.77. The highest BCUT2D eigenvalue weighted by Gasteiger charge is 2.33. The van der Waals surface area contributed by atoms with Gasteiger partial charge in [0.05, 0.1) is 16.9 Å². The van der Waals surface area contributed by atoms with Crippen LogP contribution < -0.4 is 10.0 Å². The summed E-state index contributed by atoms with van der Waals surface area (Å²) < 4.78 is 0. The SMILES string of the molecule is O=C([O-])C[NH+](Cc1cccs1)C1CC1. The quantitative estimate of drug-likeness (QED) is 0.682. The highest BCUT2D eigenvalue weighted by Crippen LogP contribution is 2.16. The van der Waals surface area contributed by atoms with Gasteiger partial charge in [-0.1, -0.05) is 6.07 Å². The summed E-state index contributed by atoms with van der Waals surface area (Å²) in [6, 6.07) is 4.61. The first-order valence-electron chi connectivity index (χ1n) is 4.82. The molecule has 1 aliphatic carbocycles. The Hall–Kier alpha value is -0.870. The minimum atomic E-state index is -0.941. The van der Waals surface area contributed by atoms with Crippen LogP contribution in [-0.2, 0) is 11.3 Å². The van der Waals surface area contributed by atoms with Crippen LogP contribution in [0.3, 0.4) is 0 Å². The molecule has 14 heavy (non-hydrogen) atoms. The number of aliphatic carboxylic acids is 1. The van der Waals surface area contributed by atoms with Crippen LogP contribution >= 0.6 is 11.3 Å². The van der Waals surface area contributed by atoms with E-state index in [-0.39, 0.29) is 6.54 Å². The van der Waals surface area contributed by atoms with Gasteiger partial charge in [0, 0.05) is 12.8 Å². The van der Waals surface area contributed by atoms with Crippen molar-refractivity contribution in [1.82, 2.24) is 0 Å². The van der Waals surface area contributed by atoms with E-state index < -0.39 is 5.97 Å². The number of thiophene rings is 1. The third-order valence-electron chi connectivity index (χ3n) is 2.51. The summed E-state index contributed by atoms with van der Waals surface area (Å²) >= 11 is 1.69. The van der Waals surface area contributed by atoms with Gasteiger partial charge >= 0.3 is 0 Å². The molecule has 0 amide bonds. The van der Waals surface area contributed by atoms with Crippen molar-refractivity contribution in [3.05, 3.63) is 22.4 Å². The van der Waals surface area contributed by atoms with E-state index in [9.17, 15) is 9.90 Å². The standard InChI is InChI=1S/C10H13NO2S/c12-10(13)7-11(8-3-4-8)6-9-2-1-5-14-9/h1-2,5,8H,3-4,6-7H2,(H,12,13). The summed E-state index contributed by atoms with van der Waals surface area (Å²) in [5, 5.41) is 12.6. The Balaban J connectivity index is 1.93. The van der Waals surface area contributed by atoms with Gasteiger partial charge in [-0.25, -0.2) is 0 Å². The van der Waals surface area contributed by atoms with Crippen molar-refractivity contribution >= 4 is 17.3 Å². The number of quaternary nitrogens is 1. The number of carbonyl (C=O) groups excluding carboxylic acids is 1. The van der Waals surface area contributed by atoms with Crippen LogP contribution in [0.4, 0.5) is 0 Å². The van der Waals surface area contributed by atoms with E-state index in [1.807, 2.05) is 11.4 Å². The molecule has 1 saturated carbocycles. The van der Waals surface area contributed by atoms with Gasteiger partial charge in [0.2, 0.25) is 0 Å². The first-order valence-corrected chi connectivity index (χ1v) is 5.70. The number of carbonyl (C=O) groups is 1. The zero-order chi connectivity index (χ0) is 9.97. The zero-order valence-electron chi connectivity index (χ0n) is 7.86.